The Labute approximate surface area is 127 Å². The molecule has 2 heterocycles. The highest BCUT2D eigenvalue weighted by Crippen LogP contribution is 2.26. The minimum Gasteiger partial charge on any atom is -0.349 e. The van der Waals surface area contributed by atoms with Crippen molar-refractivity contribution in [3.05, 3.63) is 53.7 Å². The number of amides is 1. The number of imidazole rings is 1. The number of nitrogens with one attached hydrogen (secondary N) is 1. The van der Waals surface area contributed by atoms with Crippen molar-refractivity contribution in [2.75, 3.05) is 6.54 Å². The second-order valence-corrected chi connectivity index (χ2v) is 5.22. The fourth-order valence-electron chi connectivity index (χ4n) is 2.35. The molecule has 3 rings (SSSR count). The highest BCUT2D eigenvalue weighted by Gasteiger charge is 2.14. The fraction of sp³-hybridized carbons (Fsp3) is 0.200. The van der Waals surface area contributed by atoms with Gasteiger partial charge in [-0.15, -0.1) is 0 Å². The minimum atomic E-state index is -0.107. The van der Waals surface area contributed by atoms with Crippen LogP contribution in [0.15, 0.2) is 43.0 Å². The normalized spacial score (nSPS) is 11.0. The van der Waals surface area contributed by atoms with E-state index in [9.17, 15) is 4.79 Å². The molecule has 108 valence electrons. The number of carbonyl (C=O) groups excluding carboxylic acids is 1. The molecule has 2 aromatic heterocycles. The number of hydrogen-bond acceptors (Lipinski definition) is 2. The largest absolute Gasteiger partial charge is 0.349 e. The van der Waals surface area contributed by atoms with Crippen molar-refractivity contribution in [3.8, 4) is 0 Å². The Balaban J connectivity index is 1.75. The van der Waals surface area contributed by atoms with Crippen LogP contribution in [0, 0.1) is 0 Å². The van der Waals surface area contributed by atoms with E-state index in [0.29, 0.717) is 23.8 Å². The molecule has 3 aromatic rings. The van der Waals surface area contributed by atoms with Crippen molar-refractivity contribution in [1.29, 1.82) is 0 Å². The van der Waals surface area contributed by atoms with Crippen LogP contribution in [-0.4, -0.2) is 26.6 Å². The highest BCUT2D eigenvalue weighted by atomic mass is 35.5. The summed E-state index contributed by atoms with van der Waals surface area (Å²) < 4.78 is 3.77. The fourth-order valence-corrected chi connectivity index (χ4v) is 2.57. The van der Waals surface area contributed by atoms with Crippen LogP contribution < -0.4 is 5.32 Å². The zero-order valence-electron chi connectivity index (χ0n) is 11.6. The Morgan fingerprint density at radius 3 is 3.00 bits per heavy atom. The van der Waals surface area contributed by atoms with Gasteiger partial charge in [-0.1, -0.05) is 17.7 Å². The second kappa shape index (κ2) is 5.61. The number of fused-ring (bicyclic) bond motifs is 1. The van der Waals surface area contributed by atoms with Gasteiger partial charge in [-0.2, -0.15) is 0 Å². The summed E-state index contributed by atoms with van der Waals surface area (Å²) >= 11 is 6.16. The molecular weight excluding hydrogens is 288 g/mol. The van der Waals surface area contributed by atoms with Crippen LogP contribution in [0.5, 0.6) is 0 Å². The van der Waals surface area contributed by atoms with Crippen molar-refractivity contribution in [2.45, 2.75) is 6.54 Å². The second-order valence-electron chi connectivity index (χ2n) is 4.82. The number of aromatic nitrogens is 3. The zero-order chi connectivity index (χ0) is 14.8. The van der Waals surface area contributed by atoms with Crippen molar-refractivity contribution in [1.82, 2.24) is 19.4 Å². The van der Waals surface area contributed by atoms with Gasteiger partial charge in [0, 0.05) is 48.5 Å². The van der Waals surface area contributed by atoms with Gasteiger partial charge in [0.25, 0.3) is 5.91 Å². The maximum absolute atomic E-state index is 12.3. The van der Waals surface area contributed by atoms with E-state index in [-0.39, 0.29) is 5.91 Å². The van der Waals surface area contributed by atoms with E-state index in [2.05, 4.69) is 10.3 Å². The quantitative estimate of drug-likeness (QED) is 0.805. The van der Waals surface area contributed by atoms with Crippen molar-refractivity contribution >= 4 is 28.4 Å². The predicted octanol–water partition coefficient (Wildman–Crippen LogP) is 2.46. The van der Waals surface area contributed by atoms with Gasteiger partial charge in [-0.25, -0.2) is 4.98 Å². The molecule has 0 aliphatic heterocycles. The molecule has 0 spiro atoms. The van der Waals surface area contributed by atoms with Crippen LogP contribution in [0.1, 0.15) is 10.5 Å². The molecule has 1 aromatic carbocycles. The number of carbonyl (C=O) groups is 1. The Morgan fingerprint density at radius 1 is 1.43 bits per heavy atom. The molecule has 0 fully saturated rings. The molecule has 0 bridgehead atoms. The van der Waals surface area contributed by atoms with Gasteiger partial charge in [0.1, 0.15) is 5.69 Å². The van der Waals surface area contributed by atoms with Crippen LogP contribution in [-0.2, 0) is 13.6 Å². The number of nitrogens with zero attached hydrogens (tertiary/aromatic N) is 3. The summed E-state index contributed by atoms with van der Waals surface area (Å²) in [5, 5.41) is 4.45. The zero-order valence-corrected chi connectivity index (χ0v) is 12.3. The number of benzene rings is 1. The lowest BCUT2D eigenvalue weighted by molar-refractivity contribution is 0.0944. The summed E-state index contributed by atoms with van der Waals surface area (Å²) in [6.45, 7) is 1.24. The Morgan fingerprint density at radius 2 is 2.29 bits per heavy atom. The summed E-state index contributed by atoms with van der Waals surface area (Å²) in [6.07, 6.45) is 5.30. The average Bonchev–Trinajstić information content (AvgIpc) is 3.08. The molecule has 1 amide bonds. The van der Waals surface area contributed by atoms with Crippen molar-refractivity contribution in [2.24, 2.45) is 7.05 Å². The van der Waals surface area contributed by atoms with Crippen molar-refractivity contribution in [3.63, 3.8) is 0 Å². The molecule has 1 N–H and O–H groups in total. The summed E-state index contributed by atoms with van der Waals surface area (Å²) in [4.78, 5) is 16.2. The SMILES string of the molecule is Cn1c(C(=O)NCCn2ccnc2)cc2c(Cl)cccc21. The third-order valence-corrected chi connectivity index (χ3v) is 3.81. The third-order valence-electron chi connectivity index (χ3n) is 3.48. The standard InChI is InChI=1S/C15H15ClN4O/c1-19-13-4-2-3-12(16)11(13)9-14(19)15(21)18-6-8-20-7-5-17-10-20/h2-5,7,9-10H,6,8H2,1H3,(H,18,21). The Bertz CT molecular complexity index is 776. The summed E-state index contributed by atoms with van der Waals surface area (Å²) in [6, 6.07) is 7.48. The molecule has 0 aliphatic carbocycles. The van der Waals surface area contributed by atoms with E-state index in [4.69, 9.17) is 11.6 Å². The van der Waals surface area contributed by atoms with Gasteiger partial charge < -0.3 is 14.5 Å². The molecule has 6 heteroatoms. The topological polar surface area (TPSA) is 51.9 Å². The maximum atomic E-state index is 12.3. The lowest BCUT2D eigenvalue weighted by Crippen LogP contribution is -2.28. The van der Waals surface area contributed by atoms with E-state index in [0.717, 1.165) is 10.9 Å². The van der Waals surface area contributed by atoms with Crippen molar-refractivity contribution < 1.29 is 4.79 Å². The predicted molar refractivity (Wildman–Crippen MR) is 82.5 cm³/mol. The van der Waals surface area contributed by atoms with Gasteiger partial charge in [0.2, 0.25) is 0 Å². The van der Waals surface area contributed by atoms with E-state index in [1.807, 2.05) is 46.6 Å². The first kappa shape index (κ1) is 13.7. The van der Waals surface area contributed by atoms with E-state index in [1.165, 1.54) is 0 Å². The summed E-state index contributed by atoms with van der Waals surface area (Å²) in [5.41, 5.74) is 1.55. The maximum Gasteiger partial charge on any atom is 0.267 e. The van der Waals surface area contributed by atoms with Gasteiger partial charge >= 0.3 is 0 Å². The lowest BCUT2D eigenvalue weighted by Gasteiger charge is -2.07. The Hall–Kier alpha value is -2.27. The first-order valence-corrected chi connectivity index (χ1v) is 7.02. The lowest BCUT2D eigenvalue weighted by atomic mass is 10.2. The van der Waals surface area contributed by atoms with E-state index < -0.39 is 0 Å². The molecule has 0 atom stereocenters. The molecule has 0 aliphatic rings. The molecule has 0 saturated heterocycles. The highest BCUT2D eigenvalue weighted by molar-refractivity contribution is 6.35. The Kier molecular flexibility index (Phi) is 3.66. The van der Waals surface area contributed by atoms with Gasteiger partial charge in [-0.3, -0.25) is 4.79 Å². The molecule has 0 radical (unpaired) electrons. The molecular formula is C15H15ClN4O. The summed E-state index contributed by atoms with van der Waals surface area (Å²) in [5.74, 6) is -0.107. The van der Waals surface area contributed by atoms with E-state index >= 15 is 0 Å². The van der Waals surface area contributed by atoms with Gasteiger partial charge in [0.05, 0.1) is 6.33 Å². The molecule has 0 unspecified atom stereocenters. The summed E-state index contributed by atoms with van der Waals surface area (Å²) in [7, 11) is 1.86. The van der Waals surface area contributed by atoms with Gasteiger partial charge in [0.15, 0.2) is 0 Å². The van der Waals surface area contributed by atoms with Crippen LogP contribution >= 0.6 is 11.6 Å². The monoisotopic (exact) mass is 302 g/mol. The van der Waals surface area contributed by atoms with Crippen LogP contribution in [0.4, 0.5) is 0 Å². The average molecular weight is 303 g/mol. The first-order chi connectivity index (χ1) is 10.2. The number of hydrogen-bond donors (Lipinski definition) is 1. The molecule has 5 nitrogen and oxygen atoms in total. The first-order valence-electron chi connectivity index (χ1n) is 6.64. The number of aryl methyl sites for hydroxylation is 1. The minimum absolute atomic E-state index is 0.107. The van der Waals surface area contributed by atoms with Crippen LogP contribution in [0.25, 0.3) is 10.9 Å². The molecule has 21 heavy (non-hydrogen) atoms. The smallest absolute Gasteiger partial charge is 0.267 e. The number of halogens is 1. The van der Waals surface area contributed by atoms with Gasteiger partial charge in [-0.05, 0) is 18.2 Å². The molecule has 0 saturated carbocycles. The van der Waals surface area contributed by atoms with E-state index in [1.54, 1.807) is 12.5 Å². The third kappa shape index (κ3) is 2.64. The number of rotatable bonds is 4. The van der Waals surface area contributed by atoms with Crippen LogP contribution in [0.3, 0.4) is 0 Å². The van der Waals surface area contributed by atoms with Crippen LogP contribution in [0.2, 0.25) is 5.02 Å².